The summed E-state index contributed by atoms with van der Waals surface area (Å²) in [6.07, 6.45) is -0.123. The van der Waals surface area contributed by atoms with Gasteiger partial charge in [0.05, 0.1) is 16.7 Å². The molecule has 0 atom stereocenters. The average Bonchev–Trinajstić information content (AvgIpc) is 3.18. The standard InChI is InChI=1S/C21H21Cl2N5O4/c1-3-17-26-19(27-28(17)18-15(22)8-5-9-16(18)23)20(29)24-13-6-4-7-14(12-13)25-21(30)32-11-10-31-2/h4-9,12H,3,10-11H2,1-2H3,(H,24,29)(H,25,30). The van der Waals surface area contributed by atoms with Crippen LogP contribution in [0.3, 0.4) is 0 Å². The number of benzene rings is 2. The van der Waals surface area contributed by atoms with E-state index < -0.39 is 12.0 Å². The van der Waals surface area contributed by atoms with Crippen LogP contribution in [0.4, 0.5) is 16.2 Å². The molecule has 0 aliphatic rings. The van der Waals surface area contributed by atoms with Crippen LogP contribution in [-0.4, -0.2) is 47.1 Å². The molecule has 0 aliphatic carbocycles. The van der Waals surface area contributed by atoms with E-state index in [0.717, 1.165) is 0 Å². The summed E-state index contributed by atoms with van der Waals surface area (Å²) in [4.78, 5) is 28.9. The lowest BCUT2D eigenvalue weighted by molar-refractivity contribution is 0.101. The maximum Gasteiger partial charge on any atom is 0.411 e. The van der Waals surface area contributed by atoms with Gasteiger partial charge in [0.15, 0.2) is 0 Å². The van der Waals surface area contributed by atoms with Crippen molar-refractivity contribution in [3.05, 3.63) is 64.2 Å². The predicted octanol–water partition coefficient (Wildman–Crippen LogP) is 4.58. The van der Waals surface area contributed by atoms with Crippen LogP contribution in [0.25, 0.3) is 5.69 Å². The van der Waals surface area contributed by atoms with E-state index in [1.54, 1.807) is 42.5 Å². The van der Waals surface area contributed by atoms with E-state index in [1.807, 2.05) is 6.92 Å². The summed E-state index contributed by atoms with van der Waals surface area (Å²) in [6.45, 7) is 2.30. The number of nitrogens with one attached hydrogen (secondary N) is 2. The van der Waals surface area contributed by atoms with Crippen LogP contribution in [0.1, 0.15) is 23.4 Å². The fraction of sp³-hybridized carbons (Fsp3) is 0.238. The first kappa shape index (κ1) is 23.5. The number of nitrogens with zero attached hydrogens (tertiary/aromatic N) is 3. The van der Waals surface area contributed by atoms with E-state index in [4.69, 9.17) is 32.7 Å². The molecule has 0 fully saturated rings. The number of hydrogen-bond acceptors (Lipinski definition) is 6. The number of hydrogen-bond donors (Lipinski definition) is 2. The second-order valence-electron chi connectivity index (χ2n) is 6.48. The van der Waals surface area contributed by atoms with Crippen LogP contribution in [0.2, 0.25) is 10.0 Å². The molecule has 0 saturated carbocycles. The van der Waals surface area contributed by atoms with Crippen molar-refractivity contribution in [1.29, 1.82) is 0 Å². The van der Waals surface area contributed by atoms with Crippen LogP contribution < -0.4 is 10.6 Å². The van der Waals surface area contributed by atoms with E-state index in [2.05, 4.69) is 20.7 Å². The molecule has 0 radical (unpaired) electrons. The van der Waals surface area contributed by atoms with Gasteiger partial charge in [-0.2, -0.15) is 0 Å². The third-order valence-electron chi connectivity index (χ3n) is 4.23. The molecule has 0 unspecified atom stereocenters. The highest BCUT2D eigenvalue weighted by Crippen LogP contribution is 2.29. The maximum atomic E-state index is 12.8. The number of aromatic nitrogens is 3. The second kappa shape index (κ2) is 10.9. The number of aryl methyl sites for hydroxylation is 1. The highest BCUT2D eigenvalue weighted by atomic mass is 35.5. The van der Waals surface area contributed by atoms with Gasteiger partial charge >= 0.3 is 6.09 Å². The SMILES string of the molecule is CCc1nc(C(=O)Nc2cccc(NC(=O)OCCOC)c2)nn1-c1c(Cl)cccc1Cl. The van der Waals surface area contributed by atoms with Crippen LogP contribution in [-0.2, 0) is 15.9 Å². The molecule has 1 aromatic heterocycles. The number of methoxy groups -OCH3 is 1. The van der Waals surface area contributed by atoms with Crippen LogP contribution in [0.15, 0.2) is 42.5 Å². The molecule has 0 saturated heterocycles. The molecule has 2 amide bonds. The van der Waals surface area contributed by atoms with E-state index in [-0.39, 0.29) is 12.4 Å². The third kappa shape index (κ3) is 5.76. The highest BCUT2D eigenvalue weighted by molar-refractivity contribution is 6.37. The number of ether oxygens (including phenoxy) is 2. The summed E-state index contributed by atoms with van der Waals surface area (Å²) in [5, 5.41) is 10.4. The first-order valence-electron chi connectivity index (χ1n) is 9.67. The molecule has 32 heavy (non-hydrogen) atoms. The third-order valence-corrected chi connectivity index (χ3v) is 4.84. The largest absolute Gasteiger partial charge is 0.447 e. The Morgan fingerprint density at radius 1 is 1.03 bits per heavy atom. The van der Waals surface area contributed by atoms with Crippen molar-refractivity contribution in [3.63, 3.8) is 0 Å². The van der Waals surface area contributed by atoms with E-state index >= 15 is 0 Å². The molecule has 0 spiro atoms. The lowest BCUT2D eigenvalue weighted by atomic mass is 10.2. The quantitative estimate of drug-likeness (QED) is 0.459. The second-order valence-corrected chi connectivity index (χ2v) is 7.29. The van der Waals surface area contributed by atoms with Crippen LogP contribution in [0, 0.1) is 0 Å². The van der Waals surface area contributed by atoms with Gasteiger partial charge < -0.3 is 14.8 Å². The van der Waals surface area contributed by atoms with Crippen LogP contribution >= 0.6 is 23.2 Å². The lowest BCUT2D eigenvalue weighted by Gasteiger charge is -2.09. The van der Waals surface area contributed by atoms with Crippen molar-refractivity contribution in [2.24, 2.45) is 0 Å². The molecule has 0 bridgehead atoms. The summed E-state index contributed by atoms with van der Waals surface area (Å²) in [6, 6.07) is 11.7. The molecule has 3 rings (SSSR count). The summed E-state index contributed by atoms with van der Waals surface area (Å²) in [5.74, 6) is -0.0454. The number of amides is 2. The van der Waals surface area contributed by atoms with Crippen molar-refractivity contribution < 1.29 is 19.1 Å². The van der Waals surface area contributed by atoms with Crippen molar-refractivity contribution in [2.75, 3.05) is 31.0 Å². The molecule has 2 N–H and O–H groups in total. The molecule has 2 aromatic carbocycles. The fourth-order valence-corrected chi connectivity index (χ4v) is 3.33. The zero-order valence-electron chi connectivity index (χ0n) is 17.4. The highest BCUT2D eigenvalue weighted by Gasteiger charge is 2.20. The monoisotopic (exact) mass is 477 g/mol. The zero-order valence-corrected chi connectivity index (χ0v) is 18.9. The number of rotatable bonds is 8. The van der Waals surface area contributed by atoms with Gasteiger partial charge in [-0.15, -0.1) is 5.10 Å². The van der Waals surface area contributed by atoms with E-state index in [0.29, 0.717) is 46.0 Å². The Balaban J connectivity index is 1.75. The Morgan fingerprint density at radius 3 is 2.34 bits per heavy atom. The van der Waals surface area contributed by atoms with Crippen LogP contribution in [0.5, 0.6) is 0 Å². The van der Waals surface area contributed by atoms with Gasteiger partial charge in [-0.05, 0) is 30.3 Å². The summed E-state index contributed by atoms with van der Waals surface area (Å²) in [7, 11) is 1.51. The Kier molecular flexibility index (Phi) is 8.04. The molecule has 0 aliphatic heterocycles. The topological polar surface area (TPSA) is 107 Å². The normalized spacial score (nSPS) is 10.6. The minimum absolute atomic E-state index is 0.0461. The molecular formula is C21H21Cl2N5O4. The minimum Gasteiger partial charge on any atom is -0.447 e. The summed E-state index contributed by atoms with van der Waals surface area (Å²) >= 11 is 12.6. The predicted molar refractivity (Wildman–Crippen MR) is 122 cm³/mol. The van der Waals surface area contributed by atoms with Crippen molar-refractivity contribution >= 4 is 46.6 Å². The first-order valence-corrected chi connectivity index (χ1v) is 10.4. The van der Waals surface area contributed by atoms with Crippen molar-refractivity contribution in [2.45, 2.75) is 13.3 Å². The number of carbonyl (C=O) groups excluding carboxylic acids is 2. The minimum atomic E-state index is -0.629. The van der Waals surface area contributed by atoms with Gasteiger partial charge in [-0.1, -0.05) is 42.3 Å². The molecule has 11 heteroatoms. The first-order chi connectivity index (χ1) is 15.4. The average molecular weight is 478 g/mol. The van der Waals surface area contributed by atoms with E-state index in [9.17, 15) is 9.59 Å². The molecular weight excluding hydrogens is 457 g/mol. The van der Waals surface area contributed by atoms with Gasteiger partial charge in [-0.3, -0.25) is 10.1 Å². The van der Waals surface area contributed by atoms with Gasteiger partial charge in [0, 0.05) is 24.9 Å². The van der Waals surface area contributed by atoms with Crippen molar-refractivity contribution in [1.82, 2.24) is 14.8 Å². The number of anilines is 2. The van der Waals surface area contributed by atoms with Gasteiger partial charge in [-0.25, -0.2) is 14.5 Å². The smallest absolute Gasteiger partial charge is 0.411 e. The number of para-hydroxylation sites is 1. The molecule has 9 nitrogen and oxygen atoms in total. The Morgan fingerprint density at radius 2 is 1.69 bits per heavy atom. The lowest BCUT2D eigenvalue weighted by Crippen LogP contribution is -2.17. The summed E-state index contributed by atoms with van der Waals surface area (Å²) in [5.41, 5.74) is 1.34. The van der Waals surface area contributed by atoms with E-state index in [1.165, 1.54) is 11.8 Å². The van der Waals surface area contributed by atoms with Gasteiger partial charge in [0.25, 0.3) is 5.91 Å². The Hall–Kier alpha value is -3.14. The molecule has 3 aromatic rings. The molecule has 1 heterocycles. The number of carbonyl (C=O) groups is 2. The zero-order chi connectivity index (χ0) is 23.1. The fourth-order valence-electron chi connectivity index (χ4n) is 2.77. The molecule has 168 valence electrons. The number of halogens is 2. The van der Waals surface area contributed by atoms with Gasteiger partial charge in [0.2, 0.25) is 5.82 Å². The Bertz CT molecular complexity index is 1100. The maximum absolute atomic E-state index is 12.8. The summed E-state index contributed by atoms with van der Waals surface area (Å²) < 4.78 is 11.3. The van der Waals surface area contributed by atoms with Crippen molar-refractivity contribution in [3.8, 4) is 5.69 Å². The van der Waals surface area contributed by atoms with Gasteiger partial charge in [0.1, 0.15) is 18.1 Å². The Labute approximate surface area is 194 Å².